The lowest BCUT2D eigenvalue weighted by molar-refractivity contribution is -0.120. The van der Waals surface area contributed by atoms with Gasteiger partial charge in [-0.05, 0) is 55.5 Å². The molecule has 1 N–H and O–H groups in total. The third-order valence-electron chi connectivity index (χ3n) is 6.03. The van der Waals surface area contributed by atoms with Gasteiger partial charge in [0.1, 0.15) is 5.03 Å². The third-order valence-corrected chi connectivity index (χ3v) is 6.97. The van der Waals surface area contributed by atoms with E-state index in [4.69, 9.17) is 0 Å². The Morgan fingerprint density at radius 3 is 2.61 bits per heavy atom. The molecule has 1 aromatic heterocycles. The van der Waals surface area contributed by atoms with Crippen LogP contribution in [0.15, 0.2) is 88.8 Å². The molecule has 33 heavy (non-hydrogen) atoms. The molecule has 1 amide bonds. The predicted molar refractivity (Wildman–Crippen MR) is 135 cm³/mol. The summed E-state index contributed by atoms with van der Waals surface area (Å²) in [6.07, 6.45) is 1.83. The summed E-state index contributed by atoms with van der Waals surface area (Å²) in [6.45, 7) is 3.62. The molecule has 4 aromatic rings. The Kier molecular flexibility index (Phi) is 6.26. The highest BCUT2D eigenvalue weighted by atomic mass is 32.2. The summed E-state index contributed by atoms with van der Waals surface area (Å²) in [5.41, 5.74) is 2.11. The lowest BCUT2D eigenvalue weighted by Gasteiger charge is -2.32. The van der Waals surface area contributed by atoms with Crippen LogP contribution in [0.4, 0.5) is 11.5 Å². The van der Waals surface area contributed by atoms with Crippen molar-refractivity contribution in [1.29, 1.82) is 0 Å². The van der Waals surface area contributed by atoms with Crippen molar-refractivity contribution in [2.45, 2.75) is 29.7 Å². The maximum Gasteiger partial charge on any atom is 0.229 e. The predicted octanol–water partition coefficient (Wildman–Crippen LogP) is 5.94. The van der Waals surface area contributed by atoms with Crippen molar-refractivity contribution < 1.29 is 4.79 Å². The first kappa shape index (κ1) is 21.5. The maximum absolute atomic E-state index is 13.1. The summed E-state index contributed by atoms with van der Waals surface area (Å²) >= 11 is 1.60. The molecule has 6 heteroatoms. The monoisotopic (exact) mass is 454 g/mol. The van der Waals surface area contributed by atoms with Crippen molar-refractivity contribution in [1.82, 2.24) is 10.2 Å². The smallest absolute Gasteiger partial charge is 0.229 e. The first-order chi connectivity index (χ1) is 16.2. The molecule has 0 bridgehead atoms. The minimum absolute atomic E-state index is 0.0653. The molecular formula is C27H26N4OS. The molecule has 5 nitrogen and oxygen atoms in total. The number of benzene rings is 3. The fraction of sp³-hybridized carbons (Fsp3) is 0.222. The summed E-state index contributed by atoms with van der Waals surface area (Å²) in [4.78, 5) is 16.4. The molecular weight excluding hydrogens is 428 g/mol. The lowest BCUT2D eigenvalue weighted by atomic mass is 9.96. The van der Waals surface area contributed by atoms with Gasteiger partial charge in [0.2, 0.25) is 5.91 Å². The molecule has 3 aromatic carbocycles. The quantitative estimate of drug-likeness (QED) is 0.404. The molecule has 1 fully saturated rings. The molecule has 0 spiro atoms. The van der Waals surface area contributed by atoms with Crippen LogP contribution in [0.25, 0.3) is 10.8 Å². The average molecular weight is 455 g/mol. The van der Waals surface area contributed by atoms with Crippen LogP contribution in [-0.2, 0) is 4.79 Å². The number of carbonyl (C=O) groups excluding carboxylic acids is 1. The van der Waals surface area contributed by atoms with E-state index in [-0.39, 0.29) is 11.8 Å². The molecule has 0 aliphatic carbocycles. The van der Waals surface area contributed by atoms with E-state index in [1.54, 1.807) is 11.8 Å². The number of hydrogen-bond acceptors (Lipinski definition) is 5. The van der Waals surface area contributed by atoms with Gasteiger partial charge in [0.05, 0.1) is 5.92 Å². The van der Waals surface area contributed by atoms with Crippen LogP contribution in [-0.4, -0.2) is 29.2 Å². The zero-order chi connectivity index (χ0) is 22.6. The van der Waals surface area contributed by atoms with Crippen LogP contribution in [0, 0.1) is 12.8 Å². The number of amides is 1. The van der Waals surface area contributed by atoms with Crippen LogP contribution in [0.1, 0.15) is 18.4 Å². The van der Waals surface area contributed by atoms with Gasteiger partial charge in [0.15, 0.2) is 5.82 Å². The largest absolute Gasteiger partial charge is 0.354 e. The highest BCUT2D eigenvalue weighted by Gasteiger charge is 2.27. The first-order valence-electron chi connectivity index (χ1n) is 11.3. The van der Waals surface area contributed by atoms with Gasteiger partial charge in [-0.25, -0.2) is 0 Å². The third kappa shape index (κ3) is 5.01. The molecule has 1 atom stereocenters. The second-order valence-corrected chi connectivity index (χ2v) is 9.54. The Morgan fingerprint density at radius 2 is 1.79 bits per heavy atom. The number of hydrogen-bond donors (Lipinski definition) is 1. The van der Waals surface area contributed by atoms with Crippen LogP contribution >= 0.6 is 11.8 Å². The SMILES string of the molecule is Cc1ccc(Sc2ccc(N3CCC[C@@H](C(=O)Nc4cccc5ccccc45)C3)nn2)cc1. The van der Waals surface area contributed by atoms with E-state index in [0.717, 1.165) is 51.6 Å². The summed E-state index contributed by atoms with van der Waals surface area (Å²) in [5, 5.41) is 15.1. The Hall–Kier alpha value is -3.38. The van der Waals surface area contributed by atoms with Gasteiger partial charge >= 0.3 is 0 Å². The van der Waals surface area contributed by atoms with E-state index >= 15 is 0 Å². The van der Waals surface area contributed by atoms with Gasteiger partial charge in [-0.3, -0.25) is 4.79 Å². The molecule has 166 valence electrons. The van der Waals surface area contributed by atoms with E-state index in [1.807, 2.05) is 42.5 Å². The number of rotatable bonds is 5. The van der Waals surface area contributed by atoms with Gasteiger partial charge in [-0.15, -0.1) is 10.2 Å². The molecule has 5 rings (SSSR count). The van der Waals surface area contributed by atoms with Crippen molar-refractivity contribution in [3.63, 3.8) is 0 Å². The van der Waals surface area contributed by atoms with Crippen molar-refractivity contribution in [2.24, 2.45) is 5.92 Å². The van der Waals surface area contributed by atoms with E-state index in [9.17, 15) is 4.79 Å². The number of aryl methyl sites for hydroxylation is 1. The fourth-order valence-corrected chi connectivity index (χ4v) is 4.96. The Bertz CT molecular complexity index is 1250. The second kappa shape index (κ2) is 9.63. The number of nitrogens with zero attached hydrogens (tertiary/aromatic N) is 3. The summed E-state index contributed by atoms with van der Waals surface area (Å²) in [6, 6.07) is 26.5. The lowest BCUT2D eigenvalue weighted by Crippen LogP contribution is -2.41. The number of nitrogens with one attached hydrogen (secondary N) is 1. The average Bonchev–Trinajstić information content (AvgIpc) is 2.86. The Balaban J connectivity index is 1.24. The van der Waals surface area contributed by atoms with Crippen molar-refractivity contribution in [3.05, 3.63) is 84.4 Å². The van der Waals surface area contributed by atoms with Crippen LogP contribution in [0.5, 0.6) is 0 Å². The van der Waals surface area contributed by atoms with Gasteiger partial charge in [0.25, 0.3) is 0 Å². The zero-order valence-electron chi connectivity index (χ0n) is 18.6. The van der Waals surface area contributed by atoms with Gasteiger partial charge < -0.3 is 10.2 Å². The maximum atomic E-state index is 13.1. The van der Waals surface area contributed by atoms with Crippen molar-refractivity contribution >= 4 is 39.9 Å². The molecule has 0 radical (unpaired) electrons. The van der Waals surface area contributed by atoms with Crippen molar-refractivity contribution in [2.75, 3.05) is 23.3 Å². The topological polar surface area (TPSA) is 58.1 Å². The minimum Gasteiger partial charge on any atom is -0.354 e. The molecule has 1 aliphatic rings. The number of fused-ring (bicyclic) bond motifs is 1. The molecule has 1 aliphatic heterocycles. The number of aromatic nitrogens is 2. The summed E-state index contributed by atoms with van der Waals surface area (Å²) in [7, 11) is 0. The minimum atomic E-state index is -0.0823. The standard InChI is InChI=1S/C27H26N4OS/c1-19-11-13-22(14-12-19)33-26-16-15-25(29-30-26)31-17-5-8-21(18-31)27(32)28-24-10-4-7-20-6-2-3-9-23(20)24/h2-4,6-7,9-16,21H,5,8,17-18H2,1H3,(H,28,32)/t21-/m1/s1. The van der Waals surface area contributed by atoms with E-state index in [0.29, 0.717) is 6.54 Å². The van der Waals surface area contributed by atoms with Gasteiger partial charge in [-0.1, -0.05) is 65.9 Å². The van der Waals surface area contributed by atoms with Crippen molar-refractivity contribution in [3.8, 4) is 0 Å². The van der Waals surface area contributed by atoms with E-state index in [1.165, 1.54) is 5.56 Å². The van der Waals surface area contributed by atoms with Crippen LogP contribution in [0.2, 0.25) is 0 Å². The molecule has 0 unspecified atom stereocenters. The second-order valence-electron chi connectivity index (χ2n) is 8.45. The normalized spacial score (nSPS) is 16.0. The van der Waals surface area contributed by atoms with Gasteiger partial charge in [-0.2, -0.15) is 0 Å². The molecule has 0 saturated carbocycles. The highest BCUT2D eigenvalue weighted by Crippen LogP contribution is 2.29. The Labute approximate surface area is 198 Å². The number of carbonyl (C=O) groups is 1. The number of anilines is 2. The summed E-state index contributed by atoms with van der Waals surface area (Å²) < 4.78 is 0. The van der Waals surface area contributed by atoms with E-state index < -0.39 is 0 Å². The Morgan fingerprint density at radius 1 is 0.970 bits per heavy atom. The first-order valence-corrected chi connectivity index (χ1v) is 12.1. The van der Waals surface area contributed by atoms with Crippen LogP contribution in [0.3, 0.4) is 0 Å². The highest BCUT2D eigenvalue weighted by molar-refractivity contribution is 7.99. The molecule has 2 heterocycles. The fourth-order valence-electron chi connectivity index (χ4n) is 4.23. The zero-order valence-corrected chi connectivity index (χ0v) is 19.4. The van der Waals surface area contributed by atoms with Gasteiger partial charge in [0, 0.05) is 29.1 Å². The summed E-state index contributed by atoms with van der Waals surface area (Å²) in [5.74, 6) is 0.808. The molecule has 1 saturated heterocycles. The van der Waals surface area contributed by atoms with Crippen LogP contribution < -0.4 is 10.2 Å². The van der Waals surface area contributed by atoms with E-state index in [2.05, 4.69) is 63.7 Å². The number of piperidine rings is 1.